The first kappa shape index (κ1) is 30.7. The molecule has 0 aromatic heterocycles. The Morgan fingerprint density at radius 1 is 0.875 bits per heavy atom. The fourth-order valence-corrected chi connectivity index (χ4v) is 5.76. The molecular weight excluding hydrogens is 526 g/mol. The fourth-order valence-electron chi connectivity index (χ4n) is 4.33. The van der Waals surface area contributed by atoms with Crippen LogP contribution in [0, 0.1) is 0 Å². The number of ether oxygens (including phenoxy) is 1. The normalized spacial score (nSPS) is 11.9. The van der Waals surface area contributed by atoms with Gasteiger partial charge in [-0.15, -0.1) is 0 Å². The van der Waals surface area contributed by atoms with E-state index in [-0.39, 0.29) is 17.3 Å². The highest BCUT2D eigenvalue weighted by molar-refractivity contribution is 7.92. The molecule has 3 aromatic rings. The van der Waals surface area contributed by atoms with Crippen LogP contribution in [-0.4, -0.2) is 50.9 Å². The number of hydrogen-bond donors (Lipinski definition) is 1. The van der Waals surface area contributed by atoms with Crippen LogP contribution < -0.4 is 14.4 Å². The van der Waals surface area contributed by atoms with Gasteiger partial charge in [-0.25, -0.2) is 8.42 Å². The molecule has 3 rings (SSSR count). The first-order valence-corrected chi connectivity index (χ1v) is 15.2. The number of carbonyl (C=O) groups excluding carboxylic acids is 2. The Balaban J connectivity index is 2.00. The number of anilines is 1. The van der Waals surface area contributed by atoms with Crippen LogP contribution in [0.4, 0.5) is 5.69 Å². The van der Waals surface area contributed by atoms with Crippen molar-refractivity contribution in [1.29, 1.82) is 0 Å². The van der Waals surface area contributed by atoms with Crippen molar-refractivity contribution in [2.75, 3.05) is 24.0 Å². The van der Waals surface area contributed by atoms with Gasteiger partial charge < -0.3 is 15.0 Å². The minimum atomic E-state index is -4.11. The van der Waals surface area contributed by atoms with Crippen LogP contribution in [0.1, 0.15) is 45.6 Å². The van der Waals surface area contributed by atoms with Crippen molar-refractivity contribution >= 4 is 27.5 Å². The summed E-state index contributed by atoms with van der Waals surface area (Å²) in [5.41, 5.74) is 1.16. The molecule has 9 heteroatoms. The van der Waals surface area contributed by atoms with Crippen LogP contribution in [-0.2, 0) is 26.2 Å². The first-order chi connectivity index (χ1) is 19.3. The summed E-state index contributed by atoms with van der Waals surface area (Å²) < 4.78 is 34.3. The van der Waals surface area contributed by atoms with E-state index in [1.54, 1.807) is 42.5 Å². The molecule has 214 valence electrons. The maximum absolute atomic E-state index is 14.0. The van der Waals surface area contributed by atoms with Gasteiger partial charge in [0.1, 0.15) is 18.3 Å². The second-order valence-corrected chi connectivity index (χ2v) is 11.2. The third-order valence-corrected chi connectivity index (χ3v) is 8.25. The highest BCUT2D eigenvalue weighted by atomic mass is 32.2. The lowest BCUT2D eigenvalue weighted by Gasteiger charge is -2.33. The molecule has 1 atom stereocenters. The van der Waals surface area contributed by atoms with Gasteiger partial charge >= 0.3 is 0 Å². The molecule has 0 unspecified atom stereocenters. The molecule has 8 nitrogen and oxygen atoms in total. The number of carbonyl (C=O) groups is 2. The molecular formula is C31H39N3O5S. The van der Waals surface area contributed by atoms with E-state index in [9.17, 15) is 18.0 Å². The van der Waals surface area contributed by atoms with Crippen LogP contribution in [0.3, 0.4) is 0 Å². The molecule has 0 aliphatic carbocycles. The monoisotopic (exact) mass is 565 g/mol. The van der Waals surface area contributed by atoms with Gasteiger partial charge in [0.2, 0.25) is 11.8 Å². The standard InChI is InChI=1S/C31H39N3O5S/c1-4-7-22-32-31(36)29(5-2)33(23-25-14-10-8-11-15-25)30(35)24-34(26-18-20-27(21-19-26)39-6-3)40(37,38)28-16-12-9-13-17-28/h8-21,29H,4-7,22-24H2,1-3H3,(H,32,36)/t29-/m0/s1. The third-order valence-electron chi connectivity index (χ3n) is 6.46. The predicted octanol–water partition coefficient (Wildman–Crippen LogP) is 5.00. The predicted molar refractivity (Wildman–Crippen MR) is 158 cm³/mol. The Labute approximate surface area is 238 Å². The zero-order valence-corrected chi connectivity index (χ0v) is 24.3. The van der Waals surface area contributed by atoms with Crippen LogP contribution in [0.25, 0.3) is 0 Å². The van der Waals surface area contributed by atoms with E-state index in [1.165, 1.54) is 17.0 Å². The van der Waals surface area contributed by atoms with Crippen molar-refractivity contribution in [3.05, 3.63) is 90.5 Å². The fraction of sp³-hybridized carbons (Fsp3) is 0.355. The molecule has 0 radical (unpaired) electrons. The summed E-state index contributed by atoms with van der Waals surface area (Å²) in [5, 5.41) is 2.94. The Bertz CT molecular complexity index is 1320. The number of nitrogens with one attached hydrogen (secondary N) is 1. The summed E-state index contributed by atoms with van der Waals surface area (Å²) in [7, 11) is -4.11. The Morgan fingerprint density at radius 2 is 1.50 bits per heavy atom. The van der Waals surface area contributed by atoms with Gasteiger partial charge in [0.15, 0.2) is 0 Å². The minimum absolute atomic E-state index is 0.0654. The lowest BCUT2D eigenvalue weighted by molar-refractivity contribution is -0.140. The van der Waals surface area contributed by atoms with Crippen molar-refractivity contribution in [3.8, 4) is 5.75 Å². The van der Waals surface area contributed by atoms with E-state index in [0.717, 1.165) is 22.7 Å². The number of rotatable bonds is 15. The second-order valence-electron chi connectivity index (χ2n) is 9.33. The number of nitrogens with zero attached hydrogens (tertiary/aromatic N) is 2. The summed E-state index contributed by atoms with van der Waals surface area (Å²) in [5.74, 6) is -0.136. The second kappa shape index (κ2) is 15.1. The van der Waals surface area contributed by atoms with Gasteiger partial charge in [0.05, 0.1) is 17.2 Å². The topological polar surface area (TPSA) is 96.0 Å². The van der Waals surface area contributed by atoms with Gasteiger partial charge in [-0.1, -0.05) is 68.8 Å². The summed E-state index contributed by atoms with van der Waals surface area (Å²) in [6, 6.07) is 23.2. The quantitative estimate of drug-likeness (QED) is 0.262. The van der Waals surface area contributed by atoms with E-state index in [4.69, 9.17) is 4.74 Å². The molecule has 0 bridgehead atoms. The molecule has 0 aliphatic heterocycles. The maximum Gasteiger partial charge on any atom is 0.264 e. The molecule has 0 spiro atoms. The zero-order valence-electron chi connectivity index (χ0n) is 23.5. The van der Waals surface area contributed by atoms with Gasteiger partial charge in [-0.2, -0.15) is 0 Å². The molecule has 1 N–H and O–H groups in total. The van der Waals surface area contributed by atoms with Crippen molar-refractivity contribution in [2.24, 2.45) is 0 Å². The number of sulfonamides is 1. The number of hydrogen-bond acceptors (Lipinski definition) is 5. The van der Waals surface area contributed by atoms with E-state index in [1.807, 2.05) is 51.1 Å². The Kier molecular flexibility index (Phi) is 11.6. The van der Waals surface area contributed by atoms with Crippen molar-refractivity contribution in [1.82, 2.24) is 10.2 Å². The highest BCUT2D eigenvalue weighted by Crippen LogP contribution is 2.27. The minimum Gasteiger partial charge on any atom is -0.494 e. The summed E-state index contributed by atoms with van der Waals surface area (Å²) >= 11 is 0. The molecule has 3 aromatic carbocycles. The van der Waals surface area contributed by atoms with E-state index in [0.29, 0.717) is 31.0 Å². The van der Waals surface area contributed by atoms with E-state index < -0.39 is 28.5 Å². The average molecular weight is 566 g/mol. The molecule has 0 fully saturated rings. The Morgan fingerprint density at radius 3 is 2.08 bits per heavy atom. The van der Waals surface area contributed by atoms with Gasteiger partial charge in [-0.05, 0) is 61.7 Å². The maximum atomic E-state index is 14.0. The van der Waals surface area contributed by atoms with Crippen LogP contribution in [0.2, 0.25) is 0 Å². The van der Waals surface area contributed by atoms with Crippen molar-refractivity contribution in [3.63, 3.8) is 0 Å². The van der Waals surface area contributed by atoms with Gasteiger partial charge in [0.25, 0.3) is 10.0 Å². The molecule has 0 aliphatic rings. The van der Waals surface area contributed by atoms with E-state index >= 15 is 0 Å². The molecule has 0 heterocycles. The van der Waals surface area contributed by atoms with Crippen LogP contribution >= 0.6 is 0 Å². The summed E-state index contributed by atoms with van der Waals surface area (Å²) in [6.45, 7) is 6.43. The SMILES string of the molecule is CCCCNC(=O)[C@H](CC)N(Cc1ccccc1)C(=O)CN(c1ccc(OCC)cc1)S(=O)(=O)c1ccccc1. The smallest absolute Gasteiger partial charge is 0.264 e. The molecule has 0 saturated carbocycles. The zero-order chi connectivity index (χ0) is 29.0. The first-order valence-electron chi connectivity index (χ1n) is 13.7. The average Bonchev–Trinajstić information content (AvgIpc) is 2.97. The summed E-state index contributed by atoms with van der Waals surface area (Å²) in [6.07, 6.45) is 2.14. The number of unbranched alkanes of at least 4 members (excludes halogenated alkanes) is 1. The van der Waals surface area contributed by atoms with Crippen LogP contribution in [0.5, 0.6) is 5.75 Å². The lowest BCUT2D eigenvalue weighted by atomic mass is 10.1. The van der Waals surface area contributed by atoms with E-state index in [2.05, 4.69) is 5.32 Å². The Hall–Kier alpha value is -3.85. The van der Waals surface area contributed by atoms with Crippen LogP contribution in [0.15, 0.2) is 89.8 Å². The number of amides is 2. The van der Waals surface area contributed by atoms with Crippen molar-refractivity contribution < 1.29 is 22.7 Å². The lowest BCUT2D eigenvalue weighted by Crippen LogP contribution is -2.52. The third kappa shape index (κ3) is 8.08. The molecule has 40 heavy (non-hydrogen) atoms. The molecule has 0 saturated heterocycles. The highest BCUT2D eigenvalue weighted by Gasteiger charge is 2.33. The van der Waals surface area contributed by atoms with Gasteiger partial charge in [-0.3, -0.25) is 13.9 Å². The van der Waals surface area contributed by atoms with Gasteiger partial charge in [0, 0.05) is 13.1 Å². The summed E-state index contributed by atoms with van der Waals surface area (Å²) in [4.78, 5) is 28.8. The van der Waals surface area contributed by atoms with Crippen molar-refractivity contribution in [2.45, 2.75) is 57.5 Å². The number of benzene rings is 3. The molecule has 2 amide bonds. The largest absolute Gasteiger partial charge is 0.494 e.